The maximum Gasteiger partial charge on any atom is 0.251 e. The summed E-state index contributed by atoms with van der Waals surface area (Å²) in [6, 6.07) is 4.09. The largest absolute Gasteiger partial charge is 0.396 e. The second-order valence-corrected chi connectivity index (χ2v) is 7.62. The van der Waals surface area contributed by atoms with E-state index >= 15 is 0 Å². The van der Waals surface area contributed by atoms with E-state index in [-0.39, 0.29) is 22.1 Å². The molecule has 7 heteroatoms. The smallest absolute Gasteiger partial charge is 0.251 e. The van der Waals surface area contributed by atoms with Crippen molar-refractivity contribution in [3.8, 4) is 0 Å². The summed E-state index contributed by atoms with van der Waals surface area (Å²) in [6.45, 7) is 3.49. The fraction of sp³-hybridized carbons (Fsp3) is 0.462. The van der Waals surface area contributed by atoms with Crippen molar-refractivity contribution in [1.82, 2.24) is 5.32 Å². The zero-order valence-corrected chi connectivity index (χ0v) is 13.2. The van der Waals surface area contributed by atoms with Crippen molar-refractivity contribution in [3.63, 3.8) is 0 Å². The van der Waals surface area contributed by atoms with Crippen LogP contribution < -0.4 is 5.32 Å². The van der Waals surface area contributed by atoms with Gasteiger partial charge in [0.15, 0.2) is 9.84 Å². The Kier molecular flexibility index (Phi) is 5.18. The molecular weight excluding hydrogens is 302 g/mol. The van der Waals surface area contributed by atoms with Gasteiger partial charge in [-0.25, -0.2) is 8.42 Å². The Morgan fingerprint density at radius 3 is 2.50 bits per heavy atom. The van der Waals surface area contributed by atoms with Crippen LogP contribution in [0.1, 0.15) is 30.6 Å². The van der Waals surface area contributed by atoms with Gasteiger partial charge in [-0.05, 0) is 38.5 Å². The highest BCUT2D eigenvalue weighted by Crippen LogP contribution is 2.23. The predicted molar refractivity (Wildman–Crippen MR) is 77.8 cm³/mol. The number of halogens is 1. The summed E-state index contributed by atoms with van der Waals surface area (Å²) in [6.07, 6.45) is 1.43. The van der Waals surface area contributed by atoms with Crippen LogP contribution in [-0.2, 0) is 9.84 Å². The minimum absolute atomic E-state index is 0.0531. The first-order valence-corrected chi connectivity index (χ1v) is 8.27. The van der Waals surface area contributed by atoms with Gasteiger partial charge < -0.3 is 10.4 Å². The van der Waals surface area contributed by atoms with Crippen molar-refractivity contribution < 1.29 is 18.3 Å². The Bertz CT molecular complexity index is 611. The van der Waals surface area contributed by atoms with Gasteiger partial charge in [0, 0.05) is 24.0 Å². The molecule has 0 spiro atoms. The second-order valence-electron chi connectivity index (χ2n) is 5.23. The first-order chi connectivity index (χ1) is 9.07. The van der Waals surface area contributed by atoms with E-state index in [2.05, 4.69) is 5.32 Å². The van der Waals surface area contributed by atoms with Gasteiger partial charge in [0.1, 0.15) is 0 Å². The van der Waals surface area contributed by atoms with E-state index in [1.54, 1.807) is 13.8 Å². The average Bonchev–Trinajstić information content (AvgIpc) is 2.26. The highest BCUT2D eigenvalue weighted by molar-refractivity contribution is 7.90. The minimum Gasteiger partial charge on any atom is -0.396 e. The Hall–Kier alpha value is -1.11. The van der Waals surface area contributed by atoms with Gasteiger partial charge >= 0.3 is 0 Å². The topological polar surface area (TPSA) is 83.5 Å². The molecule has 0 saturated heterocycles. The fourth-order valence-electron chi connectivity index (χ4n) is 1.65. The number of amides is 1. The molecule has 0 radical (unpaired) electrons. The quantitative estimate of drug-likeness (QED) is 0.864. The summed E-state index contributed by atoms with van der Waals surface area (Å²) < 4.78 is 23.1. The third-order valence-corrected chi connectivity index (χ3v) is 4.36. The van der Waals surface area contributed by atoms with Crippen LogP contribution in [0.15, 0.2) is 23.1 Å². The molecule has 20 heavy (non-hydrogen) atoms. The molecule has 0 heterocycles. The lowest BCUT2D eigenvalue weighted by Gasteiger charge is -2.25. The lowest BCUT2D eigenvalue weighted by atomic mass is 10.0. The van der Waals surface area contributed by atoms with Gasteiger partial charge in [0.05, 0.1) is 9.92 Å². The third kappa shape index (κ3) is 4.47. The Balaban J connectivity index is 3.07. The Morgan fingerprint density at radius 2 is 2.00 bits per heavy atom. The molecule has 0 atom stereocenters. The zero-order valence-electron chi connectivity index (χ0n) is 11.6. The van der Waals surface area contributed by atoms with E-state index in [0.717, 1.165) is 6.26 Å². The average molecular weight is 320 g/mol. The number of hydrogen-bond acceptors (Lipinski definition) is 4. The maximum absolute atomic E-state index is 12.1. The molecule has 0 unspecified atom stereocenters. The summed E-state index contributed by atoms with van der Waals surface area (Å²) in [7, 11) is -3.50. The molecule has 5 nitrogen and oxygen atoms in total. The molecule has 1 rings (SSSR count). The van der Waals surface area contributed by atoms with Crippen LogP contribution in [0.25, 0.3) is 0 Å². The van der Waals surface area contributed by atoms with E-state index in [0.29, 0.717) is 6.42 Å². The number of benzene rings is 1. The summed E-state index contributed by atoms with van der Waals surface area (Å²) in [5, 5.41) is 11.7. The zero-order chi connectivity index (χ0) is 15.6. The van der Waals surface area contributed by atoms with Crippen LogP contribution >= 0.6 is 11.6 Å². The van der Waals surface area contributed by atoms with E-state index in [4.69, 9.17) is 16.7 Å². The van der Waals surface area contributed by atoms with Gasteiger partial charge in [-0.15, -0.1) is 0 Å². The second kappa shape index (κ2) is 6.11. The molecule has 0 bridgehead atoms. The number of sulfone groups is 1. The van der Waals surface area contributed by atoms with Gasteiger partial charge in [-0.2, -0.15) is 0 Å². The first-order valence-electron chi connectivity index (χ1n) is 6.00. The number of rotatable bonds is 5. The highest BCUT2D eigenvalue weighted by atomic mass is 35.5. The van der Waals surface area contributed by atoms with Crippen molar-refractivity contribution >= 4 is 27.3 Å². The van der Waals surface area contributed by atoms with Crippen molar-refractivity contribution in [2.45, 2.75) is 30.7 Å². The van der Waals surface area contributed by atoms with E-state index in [1.165, 1.54) is 18.2 Å². The molecule has 1 aromatic carbocycles. The van der Waals surface area contributed by atoms with E-state index < -0.39 is 21.3 Å². The summed E-state index contributed by atoms with van der Waals surface area (Å²) in [5.41, 5.74) is -0.377. The molecule has 112 valence electrons. The number of aliphatic hydroxyl groups is 1. The summed E-state index contributed by atoms with van der Waals surface area (Å²) in [4.78, 5) is 12.0. The monoisotopic (exact) mass is 319 g/mol. The van der Waals surface area contributed by atoms with Gasteiger partial charge in [0.25, 0.3) is 5.91 Å². The van der Waals surface area contributed by atoms with Crippen LogP contribution in [0.5, 0.6) is 0 Å². The molecule has 0 aliphatic heterocycles. The number of nitrogens with one attached hydrogen (secondary N) is 1. The highest BCUT2D eigenvalue weighted by Gasteiger charge is 2.22. The Labute approximate surface area is 123 Å². The van der Waals surface area contributed by atoms with Crippen LogP contribution in [0.4, 0.5) is 0 Å². The molecule has 0 fully saturated rings. The standard InChI is InChI=1S/C13H18ClNO4S/c1-13(2,6-7-16)15-12(17)9-4-5-10(14)11(8-9)20(3,18)19/h4-5,8,16H,6-7H2,1-3H3,(H,15,17). The normalized spacial score (nSPS) is 12.2. The number of carbonyl (C=O) groups excluding carboxylic acids is 1. The maximum atomic E-state index is 12.1. The predicted octanol–water partition coefficient (Wildman–Crippen LogP) is 1.63. The fourth-order valence-corrected chi connectivity index (χ4v) is 2.95. The Morgan fingerprint density at radius 1 is 1.40 bits per heavy atom. The molecule has 2 N–H and O–H groups in total. The van der Waals surface area contributed by atoms with E-state index in [9.17, 15) is 13.2 Å². The van der Waals surface area contributed by atoms with Crippen molar-refractivity contribution in [1.29, 1.82) is 0 Å². The van der Waals surface area contributed by atoms with Gasteiger partial charge in [-0.3, -0.25) is 4.79 Å². The number of aliphatic hydroxyl groups excluding tert-OH is 1. The summed E-state index contributed by atoms with van der Waals surface area (Å²) in [5.74, 6) is -0.412. The molecule has 0 aromatic heterocycles. The van der Waals surface area contributed by atoms with Gasteiger partial charge in [-0.1, -0.05) is 11.6 Å². The minimum atomic E-state index is -3.50. The lowest BCUT2D eigenvalue weighted by Crippen LogP contribution is -2.44. The molecule has 0 saturated carbocycles. The molecular formula is C13H18ClNO4S. The lowest BCUT2D eigenvalue weighted by molar-refractivity contribution is 0.0899. The molecule has 1 amide bonds. The van der Waals surface area contributed by atoms with Crippen LogP contribution in [0, 0.1) is 0 Å². The summed E-state index contributed by atoms with van der Waals surface area (Å²) >= 11 is 5.82. The molecule has 1 aromatic rings. The van der Waals surface area contributed by atoms with E-state index in [1.807, 2.05) is 0 Å². The van der Waals surface area contributed by atoms with Crippen molar-refractivity contribution in [3.05, 3.63) is 28.8 Å². The third-order valence-electron chi connectivity index (χ3n) is 2.78. The SMILES string of the molecule is CC(C)(CCO)NC(=O)c1ccc(Cl)c(S(C)(=O)=O)c1. The van der Waals surface area contributed by atoms with Crippen LogP contribution in [0.3, 0.4) is 0 Å². The van der Waals surface area contributed by atoms with Crippen LogP contribution in [0.2, 0.25) is 5.02 Å². The van der Waals surface area contributed by atoms with Gasteiger partial charge in [0.2, 0.25) is 0 Å². The molecule has 0 aliphatic carbocycles. The first kappa shape index (κ1) is 16.9. The number of hydrogen-bond donors (Lipinski definition) is 2. The van der Waals surface area contributed by atoms with Crippen molar-refractivity contribution in [2.75, 3.05) is 12.9 Å². The van der Waals surface area contributed by atoms with Crippen LogP contribution in [-0.4, -0.2) is 37.8 Å². The van der Waals surface area contributed by atoms with Crippen molar-refractivity contribution in [2.24, 2.45) is 0 Å². The molecule has 0 aliphatic rings. The number of carbonyl (C=O) groups is 1.